The van der Waals surface area contributed by atoms with E-state index in [4.69, 9.17) is 0 Å². The summed E-state index contributed by atoms with van der Waals surface area (Å²) in [5.74, 6) is -0.407. The molecule has 78 valence electrons. The Morgan fingerprint density at radius 3 is 2.80 bits per heavy atom. The average molecular weight is 208 g/mol. The van der Waals surface area contributed by atoms with E-state index in [0.717, 1.165) is 0 Å². The fourth-order valence-electron chi connectivity index (χ4n) is 1.40. The van der Waals surface area contributed by atoms with Gasteiger partial charge in [0.15, 0.2) is 0 Å². The SMILES string of the molecule is Cc1cn2cnc([N+](=O)[O-])c2c(=O)n1C. The number of fused-ring (bicyclic) bond motifs is 1. The maximum atomic E-state index is 11.7. The zero-order chi connectivity index (χ0) is 11.2. The molecule has 2 heterocycles. The van der Waals surface area contributed by atoms with Gasteiger partial charge in [-0.15, -0.1) is 0 Å². The number of nitro groups is 1. The number of aryl methyl sites for hydroxylation is 1. The van der Waals surface area contributed by atoms with E-state index >= 15 is 0 Å². The van der Waals surface area contributed by atoms with Gasteiger partial charge < -0.3 is 14.7 Å². The summed E-state index contributed by atoms with van der Waals surface area (Å²) < 4.78 is 2.72. The molecule has 0 bridgehead atoms. The van der Waals surface area contributed by atoms with Crippen molar-refractivity contribution in [2.24, 2.45) is 7.05 Å². The highest BCUT2D eigenvalue weighted by molar-refractivity contribution is 5.59. The standard InChI is InChI=1S/C8H8N4O3/c1-5-3-11-4-9-7(12(14)15)6(11)8(13)10(5)2/h3-4H,1-2H3. The molecule has 0 unspecified atom stereocenters. The summed E-state index contributed by atoms with van der Waals surface area (Å²) in [5, 5.41) is 10.6. The Morgan fingerprint density at radius 2 is 2.20 bits per heavy atom. The van der Waals surface area contributed by atoms with Crippen LogP contribution in [-0.2, 0) is 7.05 Å². The quantitative estimate of drug-likeness (QED) is 0.496. The lowest BCUT2D eigenvalue weighted by Gasteiger charge is -2.02. The first-order valence-electron chi connectivity index (χ1n) is 4.20. The second-order valence-electron chi connectivity index (χ2n) is 3.22. The molecule has 0 amide bonds. The van der Waals surface area contributed by atoms with Crippen LogP contribution in [0.1, 0.15) is 5.69 Å². The molecule has 7 nitrogen and oxygen atoms in total. The van der Waals surface area contributed by atoms with E-state index in [1.807, 2.05) is 0 Å². The number of rotatable bonds is 1. The first-order valence-corrected chi connectivity index (χ1v) is 4.20. The fourth-order valence-corrected chi connectivity index (χ4v) is 1.40. The molecule has 0 atom stereocenters. The molecular weight excluding hydrogens is 200 g/mol. The van der Waals surface area contributed by atoms with Gasteiger partial charge in [0.25, 0.3) is 5.56 Å². The number of nitrogens with zero attached hydrogens (tertiary/aromatic N) is 4. The minimum atomic E-state index is -0.661. The minimum Gasteiger partial charge on any atom is -0.358 e. The third-order valence-corrected chi connectivity index (χ3v) is 2.31. The molecule has 2 aromatic heterocycles. The number of hydrogen-bond acceptors (Lipinski definition) is 4. The van der Waals surface area contributed by atoms with Crippen molar-refractivity contribution in [3.05, 3.63) is 38.7 Å². The van der Waals surface area contributed by atoms with Gasteiger partial charge in [0.05, 0.1) is 0 Å². The Hall–Kier alpha value is -2.18. The molecule has 0 spiro atoms. The molecule has 0 radical (unpaired) electrons. The highest BCUT2D eigenvalue weighted by Gasteiger charge is 2.20. The van der Waals surface area contributed by atoms with E-state index in [-0.39, 0.29) is 5.52 Å². The van der Waals surface area contributed by atoms with Crippen molar-refractivity contribution < 1.29 is 4.92 Å². The molecule has 2 rings (SSSR count). The van der Waals surface area contributed by atoms with E-state index in [1.165, 1.54) is 15.3 Å². The Kier molecular flexibility index (Phi) is 1.82. The van der Waals surface area contributed by atoms with Crippen molar-refractivity contribution in [3.8, 4) is 0 Å². The second-order valence-corrected chi connectivity index (χ2v) is 3.22. The van der Waals surface area contributed by atoms with Gasteiger partial charge in [0, 0.05) is 18.9 Å². The maximum absolute atomic E-state index is 11.7. The lowest BCUT2D eigenvalue weighted by Crippen LogP contribution is -2.21. The van der Waals surface area contributed by atoms with Crippen LogP contribution in [0, 0.1) is 17.0 Å². The molecule has 0 aliphatic heterocycles. The van der Waals surface area contributed by atoms with Crippen LogP contribution in [-0.4, -0.2) is 18.9 Å². The predicted octanol–water partition coefficient (Wildman–Crippen LogP) is 0.250. The van der Waals surface area contributed by atoms with Gasteiger partial charge in [-0.25, -0.2) is 0 Å². The molecule has 7 heteroatoms. The highest BCUT2D eigenvalue weighted by atomic mass is 16.6. The normalized spacial score (nSPS) is 10.8. The Labute approximate surface area is 83.7 Å². The van der Waals surface area contributed by atoms with Crippen molar-refractivity contribution in [1.82, 2.24) is 14.0 Å². The van der Waals surface area contributed by atoms with Crippen LogP contribution in [0.25, 0.3) is 5.52 Å². The van der Waals surface area contributed by atoms with Crippen molar-refractivity contribution in [1.29, 1.82) is 0 Å². The van der Waals surface area contributed by atoms with Crippen molar-refractivity contribution >= 4 is 11.3 Å². The summed E-state index contributed by atoms with van der Waals surface area (Å²) in [7, 11) is 1.56. The van der Waals surface area contributed by atoms with Crippen LogP contribution in [0.5, 0.6) is 0 Å². The van der Waals surface area contributed by atoms with Gasteiger partial charge in [-0.2, -0.15) is 0 Å². The van der Waals surface area contributed by atoms with Crippen molar-refractivity contribution in [2.75, 3.05) is 0 Å². The lowest BCUT2D eigenvalue weighted by atomic mass is 10.4. The molecule has 0 aromatic carbocycles. The number of aromatic nitrogens is 3. The van der Waals surface area contributed by atoms with Gasteiger partial charge in [-0.05, 0) is 16.8 Å². The molecule has 0 saturated heterocycles. The zero-order valence-electron chi connectivity index (χ0n) is 8.17. The monoisotopic (exact) mass is 208 g/mol. The van der Waals surface area contributed by atoms with E-state index in [0.29, 0.717) is 5.69 Å². The summed E-state index contributed by atoms with van der Waals surface area (Å²) in [6, 6.07) is 0. The first-order chi connectivity index (χ1) is 7.02. The van der Waals surface area contributed by atoms with E-state index in [9.17, 15) is 14.9 Å². The minimum absolute atomic E-state index is 0.00639. The molecular formula is C8H8N4O3. The summed E-state index contributed by atoms with van der Waals surface area (Å²) in [6.45, 7) is 1.74. The number of hydrogen-bond donors (Lipinski definition) is 0. The Morgan fingerprint density at radius 1 is 1.53 bits per heavy atom. The smallest absolute Gasteiger partial charge is 0.358 e. The zero-order valence-corrected chi connectivity index (χ0v) is 8.17. The first kappa shape index (κ1) is 9.38. The molecule has 0 saturated carbocycles. The van der Waals surface area contributed by atoms with Crippen molar-refractivity contribution in [2.45, 2.75) is 6.92 Å². The van der Waals surface area contributed by atoms with Crippen LogP contribution in [0.4, 0.5) is 5.82 Å². The molecule has 0 aliphatic rings. The predicted molar refractivity (Wildman–Crippen MR) is 51.8 cm³/mol. The second kappa shape index (κ2) is 2.91. The summed E-state index contributed by atoms with van der Waals surface area (Å²) in [5.41, 5.74) is 0.284. The highest BCUT2D eigenvalue weighted by Crippen LogP contribution is 2.13. The average Bonchev–Trinajstić information content (AvgIpc) is 2.58. The molecule has 15 heavy (non-hydrogen) atoms. The summed E-state index contributed by atoms with van der Waals surface area (Å²) in [6.07, 6.45) is 2.89. The molecule has 0 fully saturated rings. The van der Waals surface area contributed by atoms with Gasteiger partial charge in [-0.1, -0.05) is 0 Å². The Balaban J connectivity index is 2.98. The topological polar surface area (TPSA) is 82.4 Å². The molecule has 2 aromatic rings. The summed E-state index contributed by atoms with van der Waals surface area (Å²) >= 11 is 0. The van der Waals surface area contributed by atoms with Crippen LogP contribution < -0.4 is 5.56 Å². The third kappa shape index (κ3) is 1.20. The molecule has 0 N–H and O–H groups in total. The van der Waals surface area contributed by atoms with E-state index in [2.05, 4.69) is 4.98 Å². The maximum Gasteiger partial charge on any atom is 0.395 e. The van der Waals surface area contributed by atoms with Crippen LogP contribution in [0.2, 0.25) is 0 Å². The van der Waals surface area contributed by atoms with Crippen LogP contribution >= 0.6 is 0 Å². The van der Waals surface area contributed by atoms with Crippen LogP contribution in [0.15, 0.2) is 17.3 Å². The van der Waals surface area contributed by atoms with E-state index in [1.54, 1.807) is 20.2 Å². The fraction of sp³-hybridized carbons (Fsp3) is 0.250. The van der Waals surface area contributed by atoms with Gasteiger partial charge in [0.2, 0.25) is 11.8 Å². The molecule has 0 aliphatic carbocycles. The van der Waals surface area contributed by atoms with Gasteiger partial charge in [-0.3, -0.25) is 9.20 Å². The largest absolute Gasteiger partial charge is 0.395 e. The van der Waals surface area contributed by atoms with E-state index < -0.39 is 16.3 Å². The number of imidazole rings is 1. The van der Waals surface area contributed by atoms with Crippen LogP contribution in [0.3, 0.4) is 0 Å². The van der Waals surface area contributed by atoms with Crippen molar-refractivity contribution in [3.63, 3.8) is 0 Å². The Bertz CT molecular complexity index is 610. The third-order valence-electron chi connectivity index (χ3n) is 2.31. The lowest BCUT2D eigenvalue weighted by molar-refractivity contribution is -0.387. The summed E-state index contributed by atoms with van der Waals surface area (Å²) in [4.78, 5) is 25.3. The van der Waals surface area contributed by atoms with Gasteiger partial charge >= 0.3 is 5.82 Å². The van der Waals surface area contributed by atoms with Gasteiger partial charge in [0.1, 0.15) is 0 Å².